The van der Waals surface area contributed by atoms with Gasteiger partial charge in [-0.25, -0.2) is 14.8 Å². The van der Waals surface area contributed by atoms with Gasteiger partial charge in [0.05, 0.1) is 17.6 Å². The first-order chi connectivity index (χ1) is 12.7. The molecule has 0 atom stereocenters. The molecule has 1 aliphatic rings. The van der Waals surface area contributed by atoms with Crippen molar-refractivity contribution in [3.63, 3.8) is 0 Å². The van der Waals surface area contributed by atoms with E-state index >= 15 is 0 Å². The highest BCUT2D eigenvalue weighted by atomic mass is 16.6. The second-order valence-corrected chi connectivity index (χ2v) is 7.59. The molecule has 0 saturated heterocycles. The van der Waals surface area contributed by atoms with E-state index in [4.69, 9.17) is 4.74 Å². The van der Waals surface area contributed by atoms with Crippen LogP contribution in [0.5, 0.6) is 0 Å². The van der Waals surface area contributed by atoms with Gasteiger partial charge in [0.25, 0.3) is 0 Å². The normalized spacial score (nSPS) is 15.2. The number of benzene rings is 1. The summed E-state index contributed by atoms with van der Waals surface area (Å²) in [5, 5.41) is 11.2. The van der Waals surface area contributed by atoms with Gasteiger partial charge in [-0.1, -0.05) is 12.1 Å². The van der Waals surface area contributed by atoms with Crippen LogP contribution < -0.4 is 5.43 Å². The largest absolute Gasteiger partial charge is 0.443 e. The lowest BCUT2D eigenvalue weighted by atomic mass is 9.98. The van der Waals surface area contributed by atoms with E-state index in [2.05, 4.69) is 22.6 Å². The molecule has 1 aromatic carbocycles. The van der Waals surface area contributed by atoms with Crippen LogP contribution in [0.15, 0.2) is 29.3 Å². The molecule has 7 nitrogen and oxygen atoms in total. The Hall–Kier alpha value is -2.85. The molecule has 7 heteroatoms. The number of ether oxygens (including phenoxy) is 1. The van der Waals surface area contributed by atoms with E-state index in [0.29, 0.717) is 24.3 Å². The topological polar surface area (TPSA) is 81.0 Å². The van der Waals surface area contributed by atoms with E-state index in [9.17, 15) is 10.1 Å². The van der Waals surface area contributed by atoms with Gasteiger partial charge < -0.3 is 9.64 Å². The van der Waals surface area contributed by atoms with Gasteiger partial charge in [0.2, 0.25) is 0 Å². The predicted molar refractivity (Wildman–Crippen MR) is 107 cm³/mol. The lowest BCUT2D eigenvalue weighted by Gasteiger charge is -2.28. The number of nitrogens with one attached hydrogen (secondary N) is 1. The highest BCUT2D eigenvalue weighted by Crippen LogP contribution is 2.27. The fraction of sp³-hybridized carbons (Fsp3) is 0.450. The molecule has 2 rings (SSSR count). The van der Waals surface area contributed by atoms with E-state index in [1.807, 2.05) is 63.0 Å². The first-order valence-electron chi connectivity index (χ1n) is 8.86. The van der Waals surface area contributed by atoms with Crippen LogP contribution in [-0.4, -0.2) is 55.1 Å². The summed E-state index contributed by atoms with van der Waals surface area (Å²) < 4.78 is 5.27. The minimum Gasteiger partial charge on any atom is -0.443 e. The fourth-order valence-electron chi connectivity index (χ4n) is 2.58. The van der Waals surface area contributed by atoms with E-state index in [0.717, 1.165) is 17.6 Å². The summed E-state index contributed by atoms with van der Waals surface area (Å²) in [6.07, 6.45) is 4.05. The summed E-state index contributed by atoms with van der Waals surface area (Å²) in [4.78, 5) is 18.0. The van der Waals surface area contributed by atoms with Crippen LogP contribution in [0.25, 0.3) is 5.57 Å². The summed E-state index contributed by atoms with van der Waals surface area (Å²) in [7, 11) is 3.77. The summed E-state index contributed by atoms with van der Waals surface area (Å²) in [5.74, 6) is 0. The number of rotatable bonds is 4. The molecular formula is C20H27N5O2. The van der Waals surface area contributed by atoms with Gasteiger partial charge in [0.1, 0.15) is 11.7 Å². The third kappa shape index (κ3) is 6.42. The molecule has 1 aliphatic heterocycles. The van der Waals surface area contributed by atoms with Crippen LogP contribution in [0.2, 0.25) is 0 Å². The number of nitrogens with zero attached hydrogens (tertiary/aromatic N) is 4. The van der Waals surface area contributed by atoms with E-state index < -0.39 is 11.7 Å². The zero-order chi connectivity index (χ0) is 20.0. The molecule has 0 spiro atoms. The van der Waals surface area contributed by atoms with Crippen LogP contribution in [0.3, 0.4) is 0 Å². The Morgan fingerprint density at radius 2 is 2.15 bits per heavy atom. The van der Waals surface area contributed by atoms with Gasteiger partial charge in [-0.15, -0.1) is 0 Å². The fourth-order valence-corrected chi connectivity index (χ4v) is 2.58. The molecule has 0 bridgehead atoms. The Balaban J connectivity index is 2.05. The van der Waals surface area contributed by atoms with Crippen molar-refractivity contribution >= 4 is 23.7 Å². The molecule has 0 aromatic heterocycles. The maximum absolute atomic E-state index is 11.9. The van der Waals surface area contributed by atoms with Crippen molar-refractivity contribution in [3.8, 4) is 6.07 Å². The summed E-state index contributed by atoms with van der Waals surface area (Å²) >= 11 is 0. The highest BCUT2D eigenvalue weighted by Gasteiger charge is 2.20. The molecule has 0 aliphatic carbocycles. The Kier molecular flexibility index (Phi) is 6.59. The minimum absolute atomic E-state index is 0.450. The zero-order valence-electron chi connectivity index (χ0n) is 16.6. The average Bonchev–Trinajstić information content (AvgIpc) is 2.58. The number of hydrazine groups is 1. The number of hydrogen-bond acceptors (Lipinski definition) is 5. The first kappa shape index (κ1) is 20.5. The maximum atomic E-state index is 11.9. The summed E-state index contributed by atoms with van der Waals surface area (Å²) in [5.41, 5.74) is 5.59. The third-order valence-electron chi connectivity index (χ3n) is 3.77. The van der Waals surface area contributed by atoms with Crippen LogP contribution >= 0.6 is 0 Å². The van der Waals surface area contributed by atoms with Crippen molar-refractivity contribution < 1.29 is 9.53 Å². The first-order valence-corrected chi connectivity index (χ1v) is 8.86. The van der Waals surface area contributed by atoms with Crippen molar-refractivity contribution in [2.24, 2.45) is 4.99 Å². The lowest BCUT2D eigenvalue weighted by Crippen LogP contribution is -2.46. The van der Waals surface area contributed by atoms with Gasteiger partial charge in [-0.2, -0.15) is 5.26 Å². The molecule has 0 fully saturated rings. The van der Waals surface area contributed by atoms with Gasteiger partial charge in [-0.3, -0.25) is 5.43 Å². The number of hydrogen-bond donors (Lipinski definition) is 1. The summed E-state index contributed by atoms with van der Waals surface area (Å²) in [6, 6.07) is 7.92. The molecule has 0 unspecified atom stereocenters. The molecule has 27 heavy (non-hydrogen) atoms. The SMILES string of the molecule is CN(C)/C=N/c1ccc(C2=CCN(NC(=O)OC(C)(C)C)CC2)cc1C#N. The second-order valence-electron chi connectivity index (χ2n) is 7.59. The Bertz CT molecular complexity index is 785. The second kappa shape index (κ2) is 8.69. The highest BCUT2D eigenvalue weighted by molar-refractivity contribution is 5.73. The van der Waals surface area contributed by atoms with Crippen LogP contribution in [0.4, 0.5) is 10.5 Å². The molecule has 1 N–H and O–H groups in total. The monoisotopic (exact) mass is 369 g/mol. The molecule has 0 saturated carbocycles. The quantitative estimate of drug-likeness (QED) is 0.650. The Labute approximate surface area is 160 Å². The Morgan fingerprint density at radius 3 is 2.70 bits per heavy atom. The van der Waals surface area contributed by atoms with Crippen molar-refractivity contribution in [2.75, 3.05) is 27.2 Å². The number of nitriles is 1. The third-order valence-corrected chi connectivity index (χ3v) is 3.77. The Morgan fingerprint density at radius 1 is 1.41 bits per heavy atom. The average molecular weight is 369 g/mol. The zero-order valence-corrected chi connectivity index (χ0v) is 16.6. The molecule has 1 aromatic rings. The molecular weight excluding hydrogens is 342 g/mol. The van der Waals surface area contributed by atoms with Crippen molar-refractivity contribution in [2.45, 2.75) is 32.8 Å². The number of carbonyl (C=O) groups is 1. The van der Waals surface area contributed by atoms with E-state index in [-0.39, 0.29) is 0 Å². The number of aliphatic imine (C=N–C) groups is 1. The summed E-state index contributed by atoms with van der Waals surface area (Å²) in [6.45, 7) is 6.75. The smallest absolute Gasteiger partial charge is 0.422 e. The van der Waals surface area contributed by atoms with E-state index in [1.165, 1.54) is 0 Å². The van der Waals surface area contributed by atoms with Gasteiger partial charge in [-0.05, 0) is 50.5 Å². The number of amides is 1. The standard InChI is InChI=1S/C20H27N5O2/c1-20(2,3)27-19(26)23-25-10-8-15(9-11-25)16-6-7-18(17(12-16)13-21)22-14-24(4)5/h6-8,12,14H,9-11H2,1-5H3,(H,23,26)/b22-14+. The lowest BCUT2D eigenvalue weighted by molar-refractivity contribution is 0.0346. The predicted octanol–water partition coefficient (Wildman–Crippen LogP) is 3.31. The van der Waals surface area contributed by atoms with Crippen molar-refractivity contribution in [1.29, 1.82) is 5.26 Å². The molecule has 144 valence electrons. The van der Waals surface area contributed by atoms with E-state index in [1.54, 1.807) is 6.34 Å². The molecule has 1 heterocycles. The van der Waals surface area contributed by atoms with Gasteiger partial charge in [0.15, 0.2) is 0 Å². The van der Waals surface area contributed by atoms with Gasteiger partial charge >= 0.3 is 6.09 Å². The van der Waals surface area contributed by atoms with Crippen LogP contribution in [-0.2, 0) is 4.74 Å². The van der Waals surface area contributed by atoms with Crippen LogP contribution in [0, 0.1) is 11.3 Å². The number of carbonyl (C=O) groups excluding carboxylic acids is 1. The minimum atomic E-state index is -0.522. The van der Waals surface area contributed by atoms with Gasteiger partial charge in [0, 0.05) is 27.2 Å². The van der Waals surface area contributed by atoms with Crippen molar-refractivity contribution in [3.05, 3.63) is 35.4 Å². The molecule has 1 amide bonds. The van der Waals surface area contributed by atoms with Crippen LogP contribution in [0.1, 0.15) is 38.3 Å². The van der Waals surface area contributed by atoms with Crippen molar-refractivity contribution in [1.82, 2.24) is 15.3 Å². The maximum Gasteiger partial charge on any atom is 0.422 e. The molecule has 0 radical (unpaired) electrons.